The van der Waals surface area contributed by atoms with Gasteiger partial charge in [-0.25, -0.2) is 9.37 Å². The van der Waals surface area contributed by atoms with Crippen molar-refractivity contribution in [3.63, 3.8) is 0 Å². The maximum Gasteiger partial charge on any atom is 0.269 e. The van der Waals surface area contributed by atoms with E-state index in [0.29, 0.717) is 24.6 Å². The average Bonchev–Trinajstić information content (AvgIpc) is 2.52. The zero-order valence-corrected chi connectivity index (χ0v) is 12.5. The lowest BCUT2D eigenvalue weighted by molar-refractivity contribution is 0.0947. The minimum Gasteiger partial charge on any atom is -0.494 e. The second-order valence-corrected chi connectivity index (χ2v) is 4.93. The molecule has 0 aliphatic carbocycles. The van der Waals surface area contributed by atoms with Crippen LogP contribution in [0.4, 0.5) is 4.39 Å². The Labute approximate surface area is 129 Å². The van der Waals surface area contributed by atoms with E-state index in [2.05, 4.69) is 10.3 Å². The molecule has 116 valence electrons. The number of rotatable bonds is 7. The van der Waals surface area contributed by atoms with Crippen LogP contribution in [0.2, 0.25) is 0 Å². The fourth-order valence-corrected chi connectivity index (χ4v) is 1.91. The van der Waals surface area contributed by atoms with E-state index >= 15 is 0 Å². The number of unbranched alkanes of at least 4 members (excludes halogenated alkanes) is 1. The Balaban J connectivity index is 1.61. The molecule has 2 aromatic rings. The van der Waals surface area contributed by atoms with Crippen LogP contribution in [0.3, 0.4) is 0 Å². The third-order valence-corrected chi connectivity index (χ3v) is 3.06. The second-order valence-electron chi connectivity index (χ2n) is 4.93. The van der Waals surface area contributed by atoms with Gasteiger partial charge in [0.1, 0.15) is 17.3 Å². The SMILES string of the molecule is Cc1cccc(C(=O)NCCCCOc2ccc(F)cc2)n1. The first kappa shape index (κ1) is 15.9. The van der Waals surface area contributed by atoms with Gasteiger partial charge in [-0.1, -0.05) is 6.07 Å². The number of aromatic nitrogens is 1. The Kier molecular flexibility index (Phi) is 5.89. The van der Waals surface area contributed by atoms with Crippen molar-refractivity contribution in [3.05, 3.63) is 59.7 Å². The summed E-state index contributed by atoms with van der Waals surface area (Å²) in [5.41, 5.74) is 1.25. The summed E-state index contributed by atoms with van der Waals surface area (Å²) < 4.78 is 18.2. The predicted octanol–water partition coefficient (Wildman–Crippen LogP) is 3.12. The van der Waals surface area contributed by atoms with E-state index in [1.807, 2.05) is 19.1 Å². The largest absolute Gasteiger partial charge is 0.494 e. The van der Waals surface area contributed by atoms with Crippen LogP contribution in [0.25, 0.3) is 0 Å². The van der Waals surface area contributed by atoms with Gasteiger partial charge >= 0.3 is 0 Å². The first-order valence-electron chi connectivity index (χ1n) is 7.25. The lowest BCUT2D eigenvalue weighted by Gasteiger charge is -2.07. The maximum atomic E-state index is 12.7. The second kappa shape index (κ2) is 8.12. The molecule has 0 saturated heterocycles. The van der Waals surface area contributed by atoms with E-state index in [9.17, 15) is 9.18 Å². The molecule has 1 N–H and O–H groups in total. The number of nitrogens with zero attached hydrogens (tertiary/aromatic N) is 1. The molecule has 5 heteroatoms. The van der Waals surface area contributed by atoms with Crippen molar-refractivity contribution < 1.29 is 13.9 Å². The summed E-state index contributed by atoms with van der Waals surface area (Å²) >= 11 is 0. The van der Waals surface area contributed by atoms with Crippen LogP contribution in [0, 0.1) is 12.7 Å². The molecule has 0 aliphatic heterocycles. The van der Waals surface area contributed by atoms with Crippen LogP contribution >= 0.6 is 0 Å². The summed E-state index contributed by atoms with van der Waals surface area (Å²) in [6, 6.07) is 11.3. The lowest BCUT2D eigenvalue weighted by atomic mass is 10.3. The van der Waals surface area contributed by atoms with Crippen molar-refractivity contribution in [3.8, 4) is 5.75 Å². The highest BCUT2D eigenvalue weighted by molar-refractivity contribution is 5.92. The molecule has 22 heavy (non-hydrogen) atoms. The molecule has 1 amide bonds. The highest BCUT2D eigenvalue weighted by Gasteiger charge is 2.05. The van der Waals surface area contributed by atoms with Crippen molar-refractivity contribution >= 4 is 5.91 Å². The Hall–Kier alpha value is -2.43. The molecule has 0 spiro atoms. The minimum absolute atomic E-state index is 0.164. The summed E-state index contributed by atoms with van der Waals surface area (Å²) in [5, 5.41) is 2.83. The molecule has 1 heterocycles. The van der Waals surface area contributed by atoms with Crippen molar-refractivity contribution in [1.29, 1.82) is 0 Å². The quantitative estimate of drug-likeness (QED) is 0.800. The average molecular weight is 302 g/mol. The van der Waals surface area contributed by atoms with E-state index in [1.165, 1.54) is 12.1 Å². The van der Waals surface area contributed by atoms with Crippen molar-refractivity contribution in [1.82, 2.24) is 10.3 Å². The molecule has 0 saturated carbocycles. The summed E-state index contributed by atoms with van der Waals surface area (Å²) in [6.45, 7) is 2.95. The van der Waals surface area contributed by atoms with Gasteiger partial charge in [0, 0.05) is 12.2 Å². The Morgan fingerprint density at radius 2 is 1.95 bits per heavy atom. The fraction of sp³-hybridized carbons (Fsp3) is 0.294. The van der Waals surface area contributed by atoms with E-state index in [-0.39, 0.29) is 11.7 Å². The summed E-state index contributed by atoms with van der Waals surface area (Å²) in [5.74, 6) is 0.206. The van der Waals surface area contributed by atoms with Crippen LogP contribution in [0.15, 0.2) is 42.5 Å². The number of hydrogen-bond donors (Lipinski definition) is 1. The van der Waals surface area contributed by atoms with Gasteiger partial charge in [-0.3, -0.25) is 4.79 Å². The first-order chi connectivity index (χ1) is 10.6. The predicted molar refractivity (Wildman–Crippen MR) is 82.4 cm³/mol. The molecular weight excluding hydrogens is 283 g/mol. The number of benzene rings is 1. The summed E-state index contributed by atoms with van der Waals surface area (Å²) in [6.07, 6.45) is 1.61. The smallest absolute Gasteiger partial charge is 0.269 e. The van der Waals surface area contributed by atoms with Crippen LogP contribution in [-0.4, -0.2) is 24.0 Å². The van der Waals surface area contributed by atoms with Gasteiger partial charge in [-0.15, -0.1) is 0 Å². The van der Waals surface area contributed by atoms with Crippen molar-refractivity contribution in [2.75, 3.05) is 13.2 Å². The van der Waals surface area contributed by atoms with E-state index in [1.54, 1.807) is 18.2 Å². The standard InChI is InChI=1S/C17H19FN2O2/c1-13-5-4-6-16(20-13)17(21)19-11-2-3-12-22-15-9-7-14(18)8-10-15/h4-10H,2-3,11-12H2,1H3,(H,19,21). The molecular formula is C17H19FN2O2. The molecule has 1 aromatic carbocycles. The first-order valence-corrected chi connectivity index (χ1v) is 7.25. The van der Waals surface area contributed by atoms with Crippen LogP contribution in [-0.2, 0) is 0 Å². The molecule has 0 bridgehead atoms. The molecule has 0 atom stereocenters. The number of carbonyl (C=O) groups is 1. The van der Waals surface area contributed by atoms with Gasteiger partial charge in [0.15, 0.2) is 0 Å². The maximum absolute atomic E-state index is 12.7. The molecule has 0 radical (unpaired) electrons. The van der Waals surface area contributed by atoms with Gasteiger partial charge in [0.05, 0.1) is 6.61 Å². The number of ether oxygens (including phenoxy) is 1. The third kappa shape index (κ3) is 5.16. The number of aryl methyl sites for hydroxylation is 1. The lowest BCUT2D eigenvalue weighted by Crippen LogP contribution is -2.25. The van der Waals surface area contributed by atoms with Gasteiger partial charge < -0.3 is 10.1 Å². The summed E-state index contributed by atoms with van der Waals surface area (Å²) in [4.78, 5) is 16.0. The topological polar surface area (TPSA) is 51.2 Å². The van der Waals surface area contributed by atoms with E-state index in [4.69, 9.17) is 4.74 Å². The normalized spacial score (nSPS) is 10.3. The molecule has 0 aliphatic rings. The molecule has 1 aromatic heterocycles. The Bertz CT molecular complexity index is 614. The number of pyridine rings is 1. The molecule has 0 unspecified atom stereocenters. The van der Waals surface area contributed by atoms with Crippen molar-refractivity contribution in [2.45, 2.75) is 19.8 Å². The number of nitrogens with one attached hydrogen (secondary N) is 1. The van der Waals surface area contributed by atoms with Gasteiger partial charge in [-0.2, -0.15) is 0 Å². The molecule has 4 nitrogen and oxygen atoms in total. The number of carbonyl (C=O) groups excluding carboxylic acids is 1. The van der Waals surface area contributed by atoms with Crippen LogP contribution in [0.5, 0.6) is 5.75 Å². The van der Waals surface area contributed by atoms with E-state index in [0.717, 1.165) is 18.5 Å². The van der Waals surface area contributed by atoms with Crippen molar-refractivity contribution in [2.24, 2.45) is 0 Å². The highest BCUT2D eigenvalue weighted by Crippen LogP contribution is 2.11. The van der Waals surface area contributed by atoms with Gasteiger partial charge in [0.25, 0.3) is 5.91 Å². The summed E-state index contributed by atoms with van der Waals surface area (Å²) in [7, 11) is 0. The van der Waals surface area contributed by atoms with Crippen LogP contribution in [0.1, 0.15) is 29.0 Å². The number of amides is 1. The number of hydrogen-bond acceptors (Lipinski definition) is 3. The zero-order chi connectivity index (χ0) is 15.8. The van der Waals surface area contributed by atoms with Gasteiger partial charge in [-0.05, 0) is 56.2 Å². The van der Waals surface area contributed by atoms with Crippen LogP contribution < -0.4 is 10.1 Å². The highest BCUT2D eigenvalue weighted by atomic mass is 19.1. The third-order valence-electron chi connectivity index (χ3n) is 3.06. The molecule has 0 fully saturated rings. The Morgan fingerprint density at radius 1 is 1.18 bits per heavy atom. The Morgan fingerprint density at radius 3 is 2.68 bits per heavy atom. The monoisotopic (exact) mass is 302 g/mol. The van der Waals surface area contributed by atoms with Gasteiger partial charge in [0.2, 0.25) is 0 Å². The fourth-order valence-electron chi connectivity index (χ4n) is 1.91. The molecule has 2 rings (SSSR count). The zero-order valence-electron chi connectivity index (χ0n) is 12.5. The van der Waals surface area contributed by atoms with E-state index < -0.39 is 0 Å². The number of halogens is 1. The minimum atomic E-state index is -0.278.